The van der Waals surface area contributed by atoms with Gasteiger partial charge in [-0.2, -0.15) is 0 Å². The van der Waals surface area contributed by atoms with Gasteiger partial charge in [-0.05, 0) is 72.4 Å². The SMILES string of the molecule is CC(=O)c1ccc(C2=CC=C([S+](C3=CC=C(c4ccc(C(C)=O)cc4)CC3=S)C3=CC=C(c4ccc(C(C)=O)cc4)CC3=S)C(=S)C2)cc1.Fc1c(F)c(F)c([B-](c2c(F)c(F)c(F)c(F)c2F)(c2c(F)c(F)c(F)c(F)c2F)c2c(F)c(F)c(F)c(F)c2F)c(F)c1F. The van der Waals surface area contributed by atoms with Gasteiger partial charge < -0.3 is 0 Å². The highest BCUT2D eigenvalue weighted by Gasteiger charge is 2.53. The number of hydrogen-bond donors (Lipinski definition) is 0. The van der Waals surface area contributed by atoms with E-state index in [2.05, 4.69) is 36.5 Å². The van der Waals surface area contributed by atoms with E-state index in [0.29, 0.717) is 36.0 Å². The van der Waals surface area contributed by atoms with Crippen LogP contribution in [0.25, 0.3) is 16.7 Å². The first kappa shape index (κ1) is 69.6. The number of carbonyl (C=O) groups is 3. The number of benzene rings is 7. The monoisotopic (exact) mass is 1390 g/mol. The molecule has 7 aromatic rings. The van der Waals surface area contributed by atoms with Crippen molar-refractivity contribution in [1.82, 2.24) is 0 Å². The van der Waals surface area contributed by atoms with Crippen molar-refractivity contribution < 1.29 is 102 Å². The molecule has 0 atom stereocenters. The van der Waals surface area contributed by atoms with Gasteiger partial charge in [0.25, 0.3) is 0 Å². The summed E-state index contributed by atoms with van der Waals surface area (Å²) in [5, 5.41) is 0. The average Bonchev–Trinajstić information content (AvgIpc) is 0.682. The first-order valence-electron chi connectivity index (χ1n) is 26.8. The van der Waals surface area contributed by atoms with Gasteiger partial charge in [-0.1, -0.05) is 128 Å². The van der Waals surface area contributed by atoms with Crippen molar-refractivity contribution in [2.75, 3.05) is 0 Å². The van der Waals surface area contributed by atoms with Crippen LogP contribution in [-0.2, 0) is 10.9 Å². The molecule has 0 fully saturated rings. The van der Waals surface area contributed by atoms with Gasteiger partial charge >= 0.3 is 0 Å². The van der Waals surface area contributed by atoms with Crippen LogP contribution in [0.2, 0.25) is 0 Å². The first-order valence-corrected chi connectivity index (χ1v) is 29.3. The molecule has 3 aliphatic carbocycles. The van der Waals surface area contributed by atoms with Crippen LogP contribution in [0.5, 0.6) is 0 Å². The lowest BCUT2D eigenvalue weighted by molar-refractivity contribution is 0.100. The van der Waals surface area contributed by atoms with Gasteiger partial charge in [0.2, 0.25) is 0 Å². The molecule has 0 spiro atoms. The van der Waals surface area contributed by atoms with Crippen molar-refractivity contribution in [2.24, 2.45) is 0 Å². The maximum Gasteiger partial charge on any atom is 0.200 e. The number of carbonyl (C=O) groups excluding carboxylic acids is 3. The number of ketones is 3. The zero-order chi connectivity index (χ0) is 69.2. The molecule has 0 aromatic heterocycles. The van der Waals surface area contributed by atoms with E-state index in [1.807, 2.05) is 72.8 Å². The third-order valence-corrected chi connectivity index (χ3v) is 19.5. The van der Waals surface area contributed by atoms with Crippen LogP contribution in [-0.4, -0.2) is 38.1 Å². The lowest BCUT2D eigenvalue weighted by Gasteiger charge is -2.44. The van der Waals surface area contributed by atoms with E-state index in [9.17, 15) is 67.1 Å². The average molecular weight is 1390 g/mol. The van der Waals surface area contributed by atoms with Gasteiger partial charge in [0.15, 0.2) is 102 Å². The molecule has 0 heterocycles. The smallest absolute Gasteiger partial charge is 0.200 e. The predicted molar refractivity (Wildman–Crippen MR) is 326 cm³/mol. The van der Waals surface area contributed by atoms with Crippen molar-refractivity contribution in [3.63, 3.8) is 0 Å². The Kier molecular flexibility index (Phi) is 20.0. The lowest BCUT2D eigenvalue weighted by atomic mass is 9.12. The Morgan fingerprint density at radius 3 is 0.617 bits per heavy atom. The molecule has 482 valence electrons. The minimum absolute atomic E-state index is 0.0370. The van der Waals surface area contributed by atoms with Crippen LogP contribution in [0, 0.1) is 116 Å². The molecule has 94 heavy (non-hydrogen) atoms. The third-order valence-electron chi connectivity index (χ3n) is 15.5. The summed E-state index contributed by atoms with van der Waals surface area (Å²) in [6.45, 7) is 4.71. The number of thiocarbonyl (C=S) groups is 3. The van der Waals surface area contributed by atoms with Crippen LogP contribution < -0.4 is 21.9 Å². The molecule has 0 saturated heterocycles. The molecule has 3 aliphatic rings. The van der Waals surface area contributed by atoms with Gasteiger partial charge in [0.05, 0.1) is 14.6 Å². The Morgan fingerprint density at radius 2 is 0.457 bits per heavy atom. The molecule has 0 bridgehead atoms. The molecule has 0 N–H and O–H groups in total. The second-order valence-corrected chi connectivity index (χ2v) is 24.4. The minimum Gasteiger partial charge on any atom is -0.295 e. The fourth-order valence-corrected chi connectivity index (χ4v) is 14.5. The Labute approximate surface area is 537 Å². The molecule has 3 nitrogen and oxygen atoms in total. The molecule has 28 heteroatoms. The highest BCUT2D eigenvalue weighted by Crippen LogP contribution is 2.43. The summed E-state index contributed by atoms with van der Waals surface area (Å²) in [6.07, 6.45) is 7.31. The topological polar surface area (TPSA) is 51.2 Å². The van der Waals surface area contributed by atoms with Gasteiger partial charge in [-0.15, -0.1) is 21.9 Å². The Morgan fingerprint density at radius 1 is 0.287 bits per heavy atom. The summed E-state index contributed by atoms with van der Waals surface area (Å²) in [7, 11) is -0.626. The van der Waals surface area contributed by atoms with E-state index < -0.39 is 155 Å². The van der Waals surface area contributed by atoms with Crippen molar-refractivity contribution in [3.05, 3.63) is 274 Å². The Hall–Kier alpha value is -8.73. The van der Waals surface area contributed by atoms with E-state index in [-0.39, 0.29) is 17.3 Å². The van der Waals surface area contributed by atoms with Crippen molar-refractivity contribution in [3.8, 4) is 0 Å². The third kappa shape index (κ3) is 12.1. The molecular formula is C66H33BF20O3S4. The maximum absolute atomic E-state index is 15.4. The molecule has 7 aromatic carbocycles. The standard InChI is InChI=1S/C42H33O3S4.C24BF20/c1-25(43)28-4-10-31(11-5-28)34-16-19-40(37(46)22-34)49(41-20-17-35(23-38(41)47)32-12-6-29(7-13-32)26(2)44)42-21-18-36(24-39(42)48)33-14-8-30(9-15-33)27(3)45;26-5-1(6(27)14(35)21(42)13(5)34)25(2-7(28)15(36)22(43)16(37)8(2)29,3-9(30)17(38)23(44)18(39)10(3)31)4-11(32)19(40)24(45)20(41)12(4)33/h4-21H,22-24H2,1-3H3;/q+1;-1. The molecule has 0 saturated carbocycles. The first-order chi connectivity index (χ1) is 44.2. The fourth-order valence-electron chi connectivity index (χ4n) is 10.9. The number of hydrogen-bond acceptors (Lipinski definition) is 6. The fraction of sp³-hybridized carbons (Fsp3) is 0.0909. The van der Waals surface area contributed by atoms with E-state index in [1.54, 1.807) is 20.8 Å². The van der Waals surface area contributed by atoms with Crippen LogP contribution in [0.3, 0.4) is 0 Å². The summed E-state index contributed by atoms with van der Waals surface area (Å²) in [5.41, 5.74) is -5.89. The summed E-state index contributed by atoms with van der Waals surface area (Å²) in [5.74, 6) is -71.3. The zero-order valence-electron chi connectivity index (χ0n) is 47.5. The highest BCUT2D eigenvalue weighted by molar-refractivity contribution is 8.12. The summed E-state index contributed by atoms with van der Waals surface area (Å²) < 4.78 is 294. The molecule has 0 aliphatic heterocycles. The summed E-state index contributed by atoms with van der Waals surface area (Å²) in [4.78, 5) is 41.1. The van der Waals surface area contributed by atoms with Crippen molar-refractivity contribution in [1.29, 1.82) is 0 Å². The summed E-state index contributed by atoms with van der Waals surface area (Å²) >= 11 is 18.4. The Balaban J connectivity index is 0.000000222. The van der Waals surface area contributed by atoms with Gasteiger partial charge in [0, 0.05) is 36.0 Å². The lowest BCUT2D eigenvalue weighted by Crippen LogP contribution is -2.81. The van der Waals surface area contributed by atoms with E-state index in [0.717, 1.165) is 62.7 Å². The van der Waals surface area contributed by atoms with E-state index >= 15 is 35.1 Å². The van der Waals surface area contributed by atoms with Crippen LogP contribution in [0.15, 0.2) is 124 Å². The normalized spacial score (nSPS) is 14.2. The van der Waals surface area contributed by atoms with Gasteiger partial charge in [0.1, 0.15) is 63.6 Å². The van der Waals surface area contributed by atoms with E-state index in [4.69, 9.17) is 36.7 Å². The number of Topliss-reactive ketones (excluding diaryl/α,β-unsaturated/α-hetero) is 3. The van der Waals surface area contributed by atoms with Crippen LogP contribution in [0.4, 0.5) is 87.8 Å². The van der Waals surface area contributed by atoms with Crippen LogP contribution >= 0.6 is 36.7 Å². The second kappa shape index (κ2) is 26.9. The molecule has 0 amide bonds. The molecule has 0 radical (unpaired) electrons. The predicted octanol–water partition coefficient (Wildman–Crippen LogP) is 16.3. The Bertz CT molecular complexity index is 4080. The van der Waals surface area contributed by atoms with Gasteiger partial charge in [-0.3, -0.25) is 14.4 Å². The van der Waals surface area contributed by atoms with Gasteiger partial charge in [-0.25, -0.2) is 87.8 Å². The minimum atomic E-state index is -7.22. The highest BCUT2D eigenvalue weighted by atomic mass is 32.2. The van der Waals surface area contributed by atoms with E-state index in [1.165, 1.54) is 0 Å². The molecule has 0 unspecified atom stereocenters. The van der Waals surface area contributed by atoms with Crippen molar-refractivity contribution >= 4 is 124 Å². The number of allylic oxidation sites excluding steroid dienone is 12. The quantitative estimate of drug-likeness (QED) is 0.0218. The largest absolute Gasteiger partial charge is 0.295 e. The summed E-state index contributed by atoms with van der Waals surface area (Å²) in [6, 6.07) is 23.0. The number of rotatable bonds is 13. The molecular weight excluding hydrogens is 1360 g/mol. The maximum atomic E-state index is 15.4. The number of halogens is 20. The van der Waals surface area contributed by atoms with Crippen LogP contribution in [0.1, 0.15) is 87.8 Å². The second-order valence-electron chi connectivity index (χ2n) is 21.0. The van der Waals surface area contributed by atoms with Crippen molar-refractivity contribution in [2.45, 2.75) is 40.0 Å². The molecule has 10 rings (SSSR count). The zero-order valence-corrected chi connectivity index (χ0v) is 50.8.